The summed E-state index contributed by atoms with van der Waals surface area (Å²) in [5, 5.41) is 3.91. The van der Waals surface area contributed by atoms with Gasteiger partial charge in [-0.3, -0.25) is 4.79 Å². The first-order valence-electron chi connectivity index (χ1n) is 8.07. The Morgan fingerprint density at radius 3 is 2.64 bits per heavy atom. The minimum atomic E-state index is -3.53. The third-order valence-corrected chi connectivity index (χ3v) is 6.24. The second-order valence-electron chi connectivity index (χ2n) is 5.81. The Morgan fingerprint density at radius 2 is 2.04 bits per heavy atom. The summed E-state index contributed by atoms with van der Waals surface area (Å²) >= 11 is 6.35. The van der Waals surface area contributed by atoms with Gasteiger partial charge in [-0.15, -0.1) is 0 Å². The lowest BCUT2D eigenvalue weighted by Gasteiger charge is -2.14. The third kappa shape index (κ3) is 3.30. The summed E-state index contributed by atoms with van der Waals surface area (Å²) in [7, 11) is -3.53. The molecule has 1 aliphatic carbocycles. The van der Waals surface area contributed by atoms with Crippen molar-refractivity contribution in [2.45, 2.75) is 37.5 Å². The summed E-state index contributed by atoms with van der Waals surface area (Å²) in [5.41, 5.74) is 1.16. The van der Waals surface area contributed by atoms with E-state index in [1.165, 1.54) is 25.3 Å². The van der Waals surface area contributed by atoms with E-state index in [-0.39, 0.29) is 45.3 Å². The second kappa shape index (κ2) is 6.80. The zero-order valence-electron chi connectivity index (χ0n) is 13.9. The number of ketones is 1. The van der Waals surface area contributed by atoms with E-state index in [4.69, 9.17) is 20.9 Å². The zero-order valence-corrected chi connectivity index (χ0v) is 15.5. The third-order valence-electron chi connectivity index (χ3n) is 4.12. The van der Waals surface area contributed by atoms with Crippen LogP contribution in [0.5, 0.6) is 5.75 Å². The summed E-state index contributed by atoms with van der Waals surface area (Å²) in [5.74, 6) is -0.188. The summed E-state index contributed by atoms with van der Waals surface area (Å²) in [6.07, 6.45) is 3.25. The monoisotopic (exact) mass is 383 g/mol. The van der Waals surface area contributed by atoms with Crippen LogP contribution in [0.2, 0.25) is 5.02 Å². The lowest BCUT2D eigenvalue weighted by molar-refractivity contribution is 0.103. The Morgan fingerprint density at radius 1 is 1.32 bits per heavy atom. The van der Waals surface area contributed by atoms with Crippen molar-refractivity contribution in [3.8, 4) is 5.75 Å². The Kier molecular flexibility index (Phi) is 4.88. The largest absolute Gasteiger partial charge is 0.491 e. The van der Waals surface area contributed by atoms with Gasteiger partial charge in [0, 0.05) is 11.5 Å². The van der Waals surface area contributed by atoms with E-state index in [9.17, 15) is 13.2 Å². The van der Waals surface area contributed by atoms with Gasteiger partial charge in [0.2, 0.25) is 0 Å². The highest BCUT2D eigenvalue weighted by Gasteiger charge is 2.33. The number of benzene rings is 1. The van der Waals surface area contributed by atoms with E-state index in [2.05, 4.69) is 5.16 Å². The van der Waals surface area contributed by atoms with Crippen LogP contribution in [0.1, 0.15) is 54.2 Å². The fraction of sp³-hybridized carbons (Fsp3) is 0.412. The maximum atomic E-state index is 12.9. The van der Waals surface area contributed by atoms with Gasteiger partial charge in [-0.05, 0) is 31.9 Å². The number of hydrogen-bond acceptors (Lipinski definition) is 6. The molecule has 1 heterocycles. The Labute approximate surface area is 151 Å². The molecule has 1 saturated carbocycles. The number of aromatic nitrogens is 1. The Hall–Kier alpha value is -1.86. The molecule has 0 spiro atoms. The standard InChI is InChI=1S/C17H18ClNO5S/c1-3-23-17-13(25(21,22)4-2)8-7-11(14(17)18)16(20)12-9-24-19-15(12)10-5-6-10/h7-10H,3-6H2,1-2H3. The fourth-order valence-corrected chi connectivity index (χ4v) is 4.00. The maximum Gasteiger partial charge on any atom is 0.199 e. The minimum absolute atomic E-state index is 0.00821. The quantitative estimate of drug-likeness (QED) is 0.678. The number of ether oxygens (including phenoxy) is 1. The average Bonchev–Trinajstić information content (AvgIpc) is 3.32. The topological polar surface area (TPSA) is 86.5 Å². The molecule has 0 atom stereocenters. The zero-order chi connectivity index (χ0) is 18.2. The first-order chi connectivity index (χ1) is 11.9. The number of carbonyl (C=O) groups excluding carboxylic acids is 1. The van der Waals surface area contributed by atoms with Crippen molar-refractivity contribution in [2.75, 3.05) is 12.4 Å². The van der Waals surface area contributed by atoms with Gasteiger partial charge in [0.1, 0.15) is 11.2 Å². The van der Waals surface area contributed by atoms with Gasteiger partial charge in [-0.2, -0.15) is 0 Å². The van der Waals surface area contributed by atoms with Crippen LogP contribution in [0.4, 0.5) is 0 Å². The van der Waals surface area contributed by atoms with Gasteiger partial charge in [-0.1, -0.05) is 23.7 Å². The smallest absolute Gasteiger partial charge is 0.199 e. The molecule has 0 aliphatic heterocycles. The number of hydrogen-bond donors (Lipinski definition) is 0. The molecular weight excluding hydrogens is 366 g/mol. The fourth-order valence-electron chi connectivity index (χ4n) is 2.60. The lowest BCUT2D eigenvalue weighted by Crippen LogP contribution is -2.11. The molecule has 134 valence electrons. The van der Waals surface area contributed by atoms with Gasteiger partial charge in [0.05, 0.1) is 28.6 Å². The molecule has 0 bridgehead atoms. The summed E-state index contributed by atoms with van der Waals surface area (Å²) in [6.45, 7) is 3.49. The highest BCUT2D eigenvalue weighted by molar-refractivity contribution is 7.91. The molecule has 1 fully saturated rings. The predicted molar refractivity (Wildman–Crippen MR) is 92.3 cm³/mol. The van der Waals surface area contributed by atoms with Crippen LogP contribution < -0.4 is 4.74 Å². The van der Waals surface area contributed by atoms with Crippen molar-refractivity contribution < 1.29 is 22.5 Å². The van der Waals surface area contributed by atoms with Crippen LogP contribution in [0.3, 0.4) is 0 Å². The van der Waals surface area contributed by atoms with Gasteiger partial charge in [0.25, 0.3) is 0 Å². The van der Waals surface area contributed by atoms with Gasteiger partial charge in [-0.25, -0.2) is 8.42 Å². The van der Waals surface area contributed by atoms with Crippen molar-refractivity contribution in [1.29, 1.82) is 0 Å². The summed E-state index contributed by atoms with van der Waals surface area (Å²) in [6, 6.07) is 2.78. The van der Waals surface area contributed by atoms with Crippen molar-refractivity contribution >= 4 is 27.2 Å². The highest BCUT2D eigenvalue weighted by Crippen LogP contribution is 2.42. The minimum Gasteiger partial charge on any atom is -0.491 e. The number of sulfone groups is 1. The normalized spacial score (nSPS) is 14.5. The second-order valence-corrected chi connectivity index (χ2v) is 8.43. The molecule has 0 unspecified atom stereocenters. The summed E-state index contributed by atoms with van der Waals surface area (Å²) < 4.78 is 34.9. The summed E-state index contributed by atoms with van der Waals surface area (Å²) in [4.78, 5) is 12.9. The van der Waals surface area contributed by atoms with E-state index in [1.807, 2.05) is 0 Å². The molecule has 1 aromatic carbocycles. The van der Waals surface area contributed by atoms with E-state index in [0.29, 0.717) is 11.3 Å². The van der Waals surface area contributed by atoms with Gasteiger partial charge in [0.15, 0.2) is 21.4 Å². The van der Waals surface area contributed by atoms with Crippen LogP contribution in [-0.4, -0.2) is 31.7 Å². The SMILES string of the molecule is CCOc1c(S(=O)(=O)CC)ccc(C(=O)c2conc2C2CC2)c1Cl. The molecule has 1 aliphatic rings. The number of nitrogens with zero attached hydrogens (tertiary/aromatic N) is 1. The molecule has 0 amide bonds. The molecule has 25 heavy (non-hydrogen) atoms. The maximum absolute atomic E-state index is 12.9. The van der Waals surface area contributed by atoms with Crippen LogP contribution >= 0.6 is 11.6 Å². The van der Waals surface area contributed by atoms with E-state index < -0.39 is 9.84 Å². The highest BCUT2D eigenvalue weighted by atomic mass is 35.5. The molecule has 3 rings (SSSR count). The predicted octanol–water partition coefficient (Wildman–Crippen LogP) is 3.63. The van der Waals surface area contributed by atoms with Crippen LogP contribution in [0, 0.1) is 0 Å². The van der Waals surface area contributed by atoms with E-state index in [0.717, 1.165) is 12.8 Å². The number of halogens is 1. The van der Waals surface area contributed by atoms with Crippen LogP contribution in [-0.2, 0) is 9.84 Å². The average molecular weight is 384 g/mol. The van der Waals surface area contributed by atoms with Gasteiger partial charge >= 0.3 is 0 Å². The Bertz CT molecular complexity index is 915. The molecule has 2 aromatic rings. The molecule has 8 heteroatoms. The van der Waals surface area contributed by atoms with Crippen LogP contribution in [0.15, 0.2) is 27.8 Å². The van der Waals surface area contributed by atoms with E-state index in [1.54, 1.807) is 6.92 Å². The Balaban J connectivity index is 2.09. The number of rotatable bonds is 7. The van der Waals surface area contributed by atoms with Crippen molar-refractivity contribution in [1.82, 2.24) is 5.16 Å². The molecule has 0 N–H and O–H groups in total. The van der Waals surface area contributed by atoms with E-state index >= 15 is 0 Å². The first kappa shape index (κ1) is 17.9. The molecule has 1 aromatic heterocycles. The van der Waals surface area contributed by atoms with Crippen molar-refractivity contribution in [3.05, 3.63) is 40.2 Å². The van der Waals surface area contributed by atoms with Crippen molar-refractivity contribution in [2.24, 2.45) is 0 Å². The van der Waals surface area contributed by atoms with Crippen LogP contribution in [0.25, 0.3) is 0 Å². The van der Waals surface area contributed by atoms with Gasteiger partial charge < -0.3 is 9.26 Å². The molecular formula is C17H18ClNO5S. The number of carbonyl (C=O) groups is 1. The molecule has 0 radical (unpaired) electrons. The first-order valence-corrected chi connectivity index (χ1v) is 10.1. The lowest BCUT2D eigenvalue weighted by atomic mass is 10.0. The van der Waals surface area contributed by atoms with Crippen molar-refractivity contribution in [3.63, 3.8) is 0 Å². The molecule has 0 saturated heterocycles. The molecule has 6 nitrogen and oxygen atoms in total.